The summed E-state index contributed by atoms with van der Waals surface area (Å²) in [4.78, 5) is 27.6. The molecule has 10 nitrogen and oxygen atoms in total. The number of pyridine rings is 5. The van der Waals surface area contributed by atoms with Crippen LogP contribution < -0.4 is 9.64 Å². The van der Waals surface area contributed by atoms with E-state index in [1.54, 1.807) is 62.3 Å². The van der Waals surface area contributed by atoms with E-state index >= 15 is 0 Å². The van der Waals surface area contributed by atoms with Crippen LogP contribution in [0.2, 0.25) is 0 Å². The summed E-state index contributed by atoms with van der Waals surface area (Å²) in [6.45, 7) is 17.8. The van der Waals surface area contributed by atoms with Gasteiger partial charge in [-0.3, -0.25) is 29.9 Å². The van der Waals surface area contributed by atoms with E-state index < -0.39 is 6.10 Å². The Labute approximate surface area is 367 Å². The fourth-order valence-corrected chi connectivity index (χ4v) is 5.86. The van der Waals surface area contributed by atoms with Gasteiger partial charge >= 0.3 is 0 Å². The van der Waals surface area contributed by atoms with Crippen LogP contribution in [0.5, 0.6) is 5.75 Å². The Hall–Kier alpha value is -6.47. The van der Waals surface area contributed by atoms with Gasteiger partial charge in [-0.25, -0.2) is 0 Å². The summed E-state index contributed by atoms with van der Waals surface area (Å²) in [6, 6.07) is 33.2. The van der Waals surface area contributed by atoms with Gasteiger partial charge in [0.2, 0.25) is 0 Å². The maximum atomic E-state index is 10.5. The first-order valence-electron chi connectivity index (χ1n) is 19.7. The second kappa shape index (κ2) is 25.8. The number of aliphatic imine (C=N–C) groups is 1. The monoisotopic (exact) mass is 886 g/mol. The molecule has 6 heterocycles. The molecule has 11 heteroatoms. The molecule has 1 aromatic carbocycles. The third-order valence-corrected chi connectivity index (χ3v) is 8.73. The van der Waals surface area contributed by atoms with Crippen LogP contribution in [0.1, 0.15) is 57.0 Å². The van der Waals surface area contributed by atoms with Gasteiger partial charge in [-0.05, 0) is 123 Å². The van der Waals surface area contributed by atoms with Crippen molar-refractivity contribution in [3.8, 4) is 34.6 Å². The van der Waals surface area contributed by atoms with E-state index in [2.05, 4.69) is 61.3 Å². The van der Waals surface area contributed by atoms with Crippen molar-refractivity contribution in [1.29, 1.82) is 5.26 Å². The second-order valence-electron chi connectivity index (χ2n) is 12.7. The van der Waals surface area contributed by atoms with Crippen LogP contribution in [0.15, 0.2) is 158 Å². The van der Waals surface area contributed by atoms with Crippen molar-refractivity contribution >= 4 is 23.0 Å². The van der Waals surface area contributed by atoms with Crippen molar-refractivity contribution in [2.24, 2.45) is 4.99 Å². The van der Waals surface area contributed by atoms with E-state index in [1.807, 2.05) is 112 Å². The number of aliphatic hydroxyl groups excluding tert-OH is 1. The van der Waals surface area contributed by atoms with E-state index in [9.17, 15) is 10.4 Å². The fraction of sp³-hybridized carbons (Fsp3) is 0.204. The molecule has 1 aliphatic heterocycles. The van der Waals surface area contributed by atoms with Crippen LogP contribution in [0, 0.1) is 18.3 Å². The predicted octanol–water partition coefficient (Wildman–Crippen LogP) is 10.4. The largest absolute Gasteiger partial charge is 0.455 e. The molecule has 1 atom stereocenters. The van der Waals surface area contributed by atoms with Gasteiger partial charge in [-0.15, -0.1) is 0 Å². The Balaban J connectivity index is 0.000000300. The molecule has 0 saturated carbocycles. The second-order valence-corrected chi connectivity index (χ2v) is 12.7. The van der Waals surface area contributed by atoms with Crippen molar-refractivity contribution in [2.75, 3.05) is 18.0 Å². The number of benzene rings is 1. The molecule has 0 aliphatic carbocycles. The van der Waals surface area contributed by atoms with Crippen molar-refractivity contribution in [3.05, 3.63) is 175 Å². The van der Waals surface area contributed by atoms with Crippen molar-refractivity contribution in [1.82, 2.24) is 24.9 Å². The molecule has 1 unspecified atom stereocenters. The molecule has 7 rings (SSSR count). The average Bonchev–Trinajstić information content (AvgIpc) is 3.29. The van der Waals surface area contributed by atoms with Gasteiger partial charge in [0, 0.05) is 87.1 Å². The molecule has 0 radical (unpaired) electrons. The van der Waals surface area contributed by atoms with Gasteiger partial charge in [0.15, 0.2) is 0 Å². The molecule has 0 bridgehead atoms. The van der Waals surface area contributed by atoms with Crippen molar-refractivity contribution < 1.29 is 29.3 Å². The maximum absolute atomic E-state index is 10.5. The zero-order valence-corrected chi connectivity index (χ0v) is 36.8. The molecule has 1 N–H and O–H groups in total. The summed E-state index contributed by atoms with van der Waals surface area (Å²) in [7, 11) is 0. The molecule has 308 valence electrons. The summed E-state index contributed by atoms with van der Waals surface area (Å²) >= 11 is 0. The Morgan fingerprint density at radius 3 is 1.93 bits per heavy atom. The molecule has 0 saturated heterocycles. The SMILES string of the molecule is C=CC=NCc1ccccn1.CC.CCN(CC)c1ccc2c(c1)O/C(=C(/C#N)c1ccnc(-c3cc(C)ccn3)c1)C=C2C(C)O.[Ru].c1ccc(-c2ccccn2)nc1. The summed E-state index contributed by atoms with van der Waals surface area (Å²) in [5.74, 6) is 1.03. The number of anilines is 1. The van der Waals surface area contributed by atoms with Gasteiger partial charge < -0.3 is 14.7 Å². The molecule has 0 spiro atoms. The third kappa shape index (κ3) is 13.8. The minimum atomic E-state index is -0.721. The number of rotatable bonds is 10. The number of aliphatic hydroxyl groups is 1. The first-order chi connectivity index (χ1) is 28.8. The van der Waals surface area contributed by atoms with Crippen LogP contribution >= 0.6 is 0 Å². The predicted molar refractivity (Wildman–Crippen MR) is 240 cm³/mol. The summed E-state index contributed by atoms with van der Waals surface area (Å²) in [5, 5.41) is 20.6. The molecule has 5 aromatic heterocycles. The normalized spacial score (nSPS) is 12.3. The number of allylic oxidation sites excluding steroid dienone is 3. The number of aryl methyl sites for hydroxylation is 1. The van der Waals surface area contributed by atoms with Gasteiger partial charge in [-0.2, -0.15) is 5.26 Å². The molecular weight excluding hydrogens is 834 g/mol. The molecular formula is C49H52N8O2Ru. The number of fused-ring (bicyclic) bond motifs is 1. The molecule has 0 fully saturated rings. The van der Waals surface area contributed by atoms with Crippen molar-refractivity contribution in [3.63, 3.8) is 0 Å². The molecule has 6 aromatic rings. The van der Waals surface area contributed by atoms with E-state index in [4.69, 9.17) is 4.74 Å². The van der Waals surface area contributed by atoms with Crippen LogP contribution in [-0.4, -0.2) is 55.4 Å². The van der Waals surface area contributed by atoms with Crippen molar-refractivity contribution in [2.45, 2.75) is 54.2 Å². The smallest absolute Gasteiger partial charge is 0.146 e. The van der Waals surface area contributed by atoms with Crippen LogP contribution in [-0.2, 0) is 26.0 Å². The number of aromatic nitrogens is 5. The summed E-state index contributed by atoms with van der Waals surface area (Å²) in [6.07, 6.45) is 13.1. The zero-order chi connectivity index (χ0) is 42.4. The third-order valence-electron chi connectivity index (χ3n) is 8.73. The number of hydrogen-bond donors (Lipinski definition) is 1. The molecule has 60 heavy (non-hydrogen) atoms. The number of ether oxygens (including phenoxy) is 1. The van der Waals surface area contributed by atoms with E-state index in [0.29, 0.717) is 40.5 Å². The van der Waals surface area contributed by atoms with Gasteiger partial charge in [0.25, 0.3) is 0 Å². The van der Waals surface area contributed by atoms with E-state index in [1.165, 1.54) is 0 Å². The van der Waals surface area contributed by atoms with Gasteiger partial charge in [0.1, 0.15) is 23.2 Å². The standard InChI is InChI=1S/C28H28N4O2.C10H8N2.C9H10N2.C2H6.Ru/c1-5-32(6-2)21-7-8-22-23(19(4)33)16-28(34-27(22)15-21)24(17-29)20-10-12-31-26(14-20)25-13-18(3)9-11-30-25;1-3-7-11-9(5-1)10-6-2-4-8-12-10;1-2-6-10-8-9-5-3-4-7-11-9;1-2;/h7-16,19,33H,5-6H2,1-4H3;1-8H;2-7H,1,8H2;1-2H3;/b28-24-;;;;. The fourth-order valence-electron chi connectivity index (χ4n) is 5.86. The number of hydrogen-bond acceptors (Lipinski definition) is 10. The van der Waals surface area contributed by atoms with Crippen LogP contribution in [0.3, 0.4) is 0 Å². The minimum absolute atomic E-state index is 0. The molecule has 0 amide bonds. The number of nitriles is 1. The maximum Gasteiger partial charge on any atom is 0.146 e. The first kappa shape index (κ1) is 47.9. The Morgan fingerprint density at radius 2 is 1.40 bits per heavy atom. The minimum Gasteiger partial charge on any atom is -0.455 e. The van der Waals surface area contributed by atoms with Crippen LogP contribution in [0.25, 0.3) is 33.9 Å². The Kier molecular flexibility index (Phi) is 20.6. The first-order valence-corrected chi connectivity index (χ1v) is 19.7. The summed E-state index contributed by atoms with van der Waals surface area (Å²) in [5.41, 5.74) is 8.92. The zero-order valence-electron chi connectivity index (χ0n) is 35.0. The summed E-state index contributed by atoms with van der Waals surface area (Å²) < 4.78 is 6.27. The average molecular weight is 886 g/mol. The van der Waals surface area contributed by atoms with E-state index in [0.717, 1.165) is 52.7 Å². The van der Waals surface area contributed by atoms with Gasteiger partial charge in [-0.1, -0.05) is 44.7 Å². The number of nitrogens with zero attached hydrogens (tertiary/aromatic N) is 8. The Morgan fingerprint density at radius 1 is 0.800 bits per heavy atom. The topological polar surface area (TPSA) is 133 Å². The quantitative estimate of drug-likeness (QED) is 0.0811. The van der Waals surface area contributed by atoms with E-state index in [-0.39, 0.29) is 19.5 Å². The molecule has 1 aliphatic rings. The Bertz CT molecular complexity index is 2320. The van der Waals surface area contributed by atoms with Crippen LogP contribution in [0.4, 0.5) is 5.69 Å². The van der Waals surface area contributed by atoms with Gasteiger partial charge in [0.05, 0.1) is 41.1 Å².